The Hall–Kier alpha value is -1.66. The zero-order valence-electron chi connectivity index (χ0n) is 9.01. The Kier molecular flexibility index (Phi) is 2.99. The van der Waals surface area contributed by atoms with E-state index >= 15 is 0 Å². The summed E-state index contributed by atoms with van der Waals surface area (Å²) in [7, 11) is -3.60. The average molecular weight is 252 g/mol. The highest BCUT2D eigenvalue weighted by molar-refractivity contribution is 7.92. The van der Waals surface area contributed by atoms with Gasteiger partial charge in [-0.25, -0.2) is 8.42 Å². The molecule has 0 saturated carbocycles. The Bertz CT molecular complexity index is 566. The van der Waals surface area contributed by atoms with E-state index in [9.17, 15) is 13.2 Å². The molecule has 0 aliphatic carbocycles. The standard InChI is InChI=1S/C11H12N2O3S/c1-2-17(15,16)13-10-7-8-5-3-4-6-9(8)12-11(10)14/h2-6,10,13H,1,7H2,(H,12,14). The fraction of sp³-hybridized carbons (Fsp3) is 0.182. The first-order chi connectivity index (χ1) is 8.02. The summed E-state index contributed by atoms with van der Waals surface area (Å²) in [6.07, 6.45) is 0.342. The average Bonchev–Trinajstić information content (AvgIpc) is 2.30. The van der Waals surface area contributed by atoms with Gasteiger partial charge < -0.3 is 5.32 Å². The monoisotopic (exact) mass is 252 g/mol. The van der Waals surface area contributed by atoms with Crippen molar-refractivity contribution in [2.75, 3.05) is 5.32 Å². The number of fused-ring (bicyclic) bond motifs is 1. The molecular formula is C11H12N2O3S. The third kappa shape index (κ3) is 2.54. The highest BCUT2D eigenvalue weighted by atomic mass is 32.2. The van der Waals surface area contributed by atoms with Crippen LogP contribution in [0.4, 0.5) is 5.69 Å². The van der Waals surface area contributed by atoms with Crippen LogP contribution in [0.1, 0.15) is 5.56 Å². The lowest BCUT2D eigenvalue weighted by Gasteiger charge is -2.24. The molecule has 17 heavy (non-hydrogen) atoms. The van der Waals surface area contributed by atoms with Gasteiger partial charge >= 0.3 is 0 Å². The molecular weight excluding hydrogens is 240 g/mol. The molecule has 90 valence electrons. The lowest BCUT2D eigenvalue weighted by molar-refractivity contribution is -0.118. The number of benzene rings is 1. The number of para-hydroxylation sites is 1. The quantitative estimate of drug-likeness (QED) is 0.827. The minimum atomic E-state index is -3.60. The van der Waals surface area contributed by atoms with Crippen molar-refractivity contribution in [3.05, 3.63) is 41.8 Å². The van der Waals surface area contributed by atoms with Gasteiger partial charge in [-0.05, 0) is 18.1 Å². The number of amides is 1. The van der Waals surface area contributed by atoms with Gasteiger partial charge in [0, 0.05) is 11.1 Å². The van der Waals surface area contributed by atoms with Gasteiger partial charge in [0.25, 0.3) is 0 Å². The fourth-order valence-electron chi connectivity index (χ4n) is 1.69. The highest BCUT2D eigenvalue weighted by Gasteiger charge is 2.28. The van der Waals surface area contributed by atoms with E-state index in [1.54, 1.807) is 6.07 Å². The van der Waals surface area contributed by atoms with Crippen LogP contribution in [0.15, 0.2) is 36.3 Å². The number of nitrogens with one attached hydrogen (secondary N) is 2. The van der Waals surface area contributed by atoms with Crippen molar-refractivity contribution in [3.8, 4) is 0 Å². The van der Waals surface area contributed by atoms with Crippen molar-refractivity contribution in [1.82, 2.24) is 4.72 Å². The van der Waals surface area contributed by atoms with Crippen LogP contribution in [-0.2, 0) is 21.2 Å². The Morgan fingerprint density at radius 1 is 1.41 bits per heavy atom. The number of rotatable bonds is 3. The third-order valence-corrected chi connectivity index (χ3v) is 3.59. The summed E-state index contributed by atoms with van der Waals surface area (Å²) in [5.41, 5.74) is 1.63. The minimum absolute atomic E-state index is 0.342. The molecule has 0 radical (unpaired) electrons. The second-order valence-corrected chi connectivity index (χ2v) is 5.39. The fourth-order valence-corrected chi connectivity index (χ4v) is 2.38. The first-order valence-corrected chi connectivity index (χ1v) is 6.60. The molecule has 2 N–H and O–H groups in total. The van der Waals surface area contributed by atoms with Crippen molar-refractivity contribution in [3.63, 3.8) is 0 Å². The van der Waals surface area contributed by atoms with Crippen LogP contribution < -0.4 is 10.0 Å². The Balaban J connectivity index is 2.24. The Morgan fingerprint density at radius 3 is 2.82 bits per heavy atom. The largest absolute Gasteiger partial charge is 0.324 e. The zero-order valence-corrected chi connectivity index (χ0v) is 9.83. The van der Waals surface area contributed by atoms with Crippen molar-refractivity contribution in [1.29, 1.82) is 0 Å². The molecule has 1 atom stereocenters. The van der Waals surface area contributed by atoms with Crippen LogP contribution in [0, 0.1) is 0 Å². The molecule has 0 bridgehead atoms. The molecule has 0 spiro atoms. The second-order valence-electron chi connectivity index (χ2n) is 3.73. The zero-order chi connectivity index (χ0) is 12.5. The molecule has 0 aromatic heterocycles. The summed E-state index contributed by atoms with van der Waals surface area (Å²) in [6, 6.07) is 6.51. The number of sulfonamides is 1. The van der Waals surface area contributed by atoms with Crippen LogP contribution in [0.3, 0.4) is 0 Å². The number of hydrogen-bond donors (Lipinski definition) is 2. The molecule has 1 heterocycles. The number of anilines is 1. The van der Waals surface area contributed by atoms with E-state index in [1.807, 2.05) is 18.2 Å². The van der Waals surface area contributed by atoms with Crippen molar-refractivity contribution in [2.24, 2.45) is 0 Å². The van der Waals surface area contributed by atoms with E-state index in [4.69, 9.17) is 0 Å². The van der Waals surface area contributed by atoms with E-state index in [0.717, 1.165) is 16.7 Å². The lowest BCUT2D eigenvalue weighted by Crippen LogP contribution is -2.46. The molecule has 1 aromatic carbocycles. The SMILES string of the molecule is C=CS(=O)(=O)NC1Cc2ccccc2NC1=O. The predicted molar refractivity (Wildman–Crippen MR) is 64.8 cm³/mol. The molecule has 5 nitrogen and oxygen atoms in total. The number of carbonyl (C=O) groups excluding carboxylic acids is 1. The van der Waals surface area contributed by atoms with E-state index in [-0.39, 0.29) is 5.91 Å². The van der Waals surface area contributed by atoms with Crippen LogP contribution >= 0.6 is 0 Å². The maximum Gasteiger partial charge on any atom is 0.242 e. The highest BCUT2D eigenvalue weighted by Crippen LogP contribution is 2.22. The lowest BCUT2D eigenvalue weighted by atomic mass is 10.00. The third-order valence-electron chi connectivity index (χ3n) is 2.54. The van der Waals surface area contributed by atoms with Gasteiger partial charge in [0.15, 0.2) is 0 Å². The number of hydrogen-bond acceptors (Lipinski definition) is 3. The maximum atomic E-state index is 11.7. The molecule has 1 unspecified atom stereocenters. The first kappa shape index (κ1) is 11.8. The van der Waals surface area contributed by atoms with E-state index in [2.05, 4.69) is 16.6 Å². The van der Waals surface area contributed by atoms with Gasteiger partial charge in [0.2, 0.25) is 15.9 Å². The molecule has 1 aliphatic rings. The molecule has 6 heteroatoms. The van der Waals surface area contributed by atoms with Crippen molar-refractivity contribution in [2.45, 2.75) is 12.5 Å². The molecule has 0 fully saturated rings. The molecule has 1 amide bonds. The summed E-state index contributed by atoms with van der Waals surface area (Å²) in [4.78, 5) is 11.7. The molecule has 1 aliphatic heterocycles. The van der Waals surface area contributed by atoms with Crippen molar-refractivity contribution >= 4 is 21.6 Å². The van der Waals surface area contributed by atoms with Gasteiger partial charge in [0.05, 0.1) is 0 Å². The minimum Gasteiger partial charge on any atom is -0.324 e. The van der Waals surface area contributed by atoms with E-state index < -0.39 is 16.1 Å². The van der Waals surface area contributed by atoms with Crippen LogP contribution in [0.25, 0.3) is 0 Å². The van der Waals surface area contributed by atoms with Crippen LogP contribution in [0.2, 0.25) is 0 Å². The topological polar surface area (TPSA) is 75.3 Å². The van der Waals surface area contributed by atoms with E-state index in [1.165, 1.54) is 0 Å². The number of carbonyl (C=O) groups is 1. The molecule has 1 aromatic rings. The Morgan fingerprint density at radius 2 is 2.12 bits per heavy atom. The predicted octanol–water partition coefficient (Wildman–Crippen LogP) is 0.613. The van der Waals surface area contributed by atoms with Gasteiger partial charge in [-0.1, -0.05) is 24.8 Å². The molecule has 0 saturated heterocycles. The maximum absolute atomic E-state index is 11.7. The van der Waals surface area contributed by atoms with Gasteiger partial charge in [0.1, 0.15) is 6.04 Å². The second kappa shape index (κ2) is 4.31. The van der Waals surface area contributed by atoms with Gasteiger partial charge in [-0.2, -0.15) is 4.72 Å². The molecule has 2 rings (SSSR count). The van der Waals surface area contributed by atoms with Gasteiger partial charge in [-0.15, -0.1) is 0 Å². The Labute approximate surface area is 99.6 Å². The smallest absolute Gasteiger partial charge is 0.242 e. The van der Waals surface area contributed by atoms with Crippen molar-refractivity contribution < 1.29 is 13.2 Å². The van der Waals surface area contributed by atoms with Crippen LogP contribution in [0.5, 0.6) is 0 Å². The summed E-state index contributed by atoms with van der Waals surface area (Å²) >= 11 is 0. The van der Waals surface area contributed by atoms with Gasteiger partial charge in [-0.3, -0.25) is 4.79 Å². The summed E-state index contributed by atoms with van der Waals surface area (Å²) in [5, 5.41) is 3.45. The van der Waals surface area contributed by atoms with Crippen LogP contribution in [-0.4, -0.2) is 20.4 Å². The van der Waals surface area contributed by atoms with E-state index in [0.29, 0.717) is 6.42 Å². The first-order valence-electron chi connectivity index (χ1n) is 5.05. The summed E-state index contributed by atoms with van der Waals surface area (Å²) in [5.74, 6) is -0.353. The summed E-state index contributed by atoms with van der Waals surface area (Å²) < 4.78 is 24.9. The summed E-state index contributed by atoms with van der Waals surface area (Å²) in [6.45, 7) is 3.19. The normalized spacial score (nSPS) is 19.3.